The van der Waals surface area contributed by atoms with Crippen LogP contribution in [0.5, 0.6) is 5.75 Å². The van der Waals surface area contributed by atoms with E-state index < -0.39 is 0 Å². The lowest BCUT2D eigenvalue weighted by Crippen LogP contribution is -2.27. The largest absolute Gasteiger partial charge is 0.489 e. The van der Waals surface area contributed by atoms with Crippen molar-refractivity contribution in [2.45, 2.75) is 6.61 Å². The quantitative estimate of drug-likeness (QED) is 0.563. The predicted molar refractivity (Wildman–Crippen MR) is 122 cm³/mol. The summed E-state index contributed by atoms with van der Waals surface area (Å²) in [5.74, 6) is 0.509. The number of ether oxygens (including phenoxy) is 1. The van der Waals surface area contributed by atoms with Gasteiger partial charge in [-0.1, -0.05) is 42.5 Å². The maximum absolute atomic E-state index is 12.3. The van der Waals surface area contributed by atoms with Crippen molar-refractivity contribution in [2.75, 3.05) is 23.3 Å². The van der Waals surface area contributed by atoms with E-state index >= 15 is 0 Å². The van der Waals surface area contributed by atoms with E-state index in [1.807, 2.05) is 66.7 Å². The van der Waals surface area contributed by atoms with Crippen molar-refractivity contribution < 1.29 is 14.3 Å². The van der Waals surface area contributed by atoms with E-state index in [-0.39, 0.29) is 11.9 Å². The van der Waals surface area contributed by atoms with E-state index in [1.54, 1.807) is 23.1 Å². The van der Waals surface area contributed by atoms with Gasteiger partial charge >= 0.3 is 6.03 Å². The van der Waals surface area contributed by atoms with Crippen LogP contribution in [0, 0.1) is 0 Å². The maximum Gasteiger partial charge on any atom is 0.321 e. The average molecular weight is 413 g/mol. The molecule has 3 aromatic carbocycles. The topological polar surface area (TPSA) is 70.7 Å². The SMILES string of the molecule is O=C(/C=C/c1cccc(OCc2ccccc2)c1)Nc1ccc(N2CCNC2=O)cc1. The zero-order chi connectivity index (χ0) is 21.5. The zero-order valence-corrected chi connectivity index (χ0v) is 17.0. The van der Waals surface area contributed by atoms with E-state index in [0.29, 0.717) is 25.4 Å². The van der Waals surface area contributed by atoms with Crippen LogP contribution in [0.2, 0.25) is 0 Å². The molecule has 6 nitrogen and oxygen atoms in total. The molecular formula is C25H23N3O3. The number of carbonyl (C=O) groups excluding carboxylic acids is 2. The van der Waals surface area contributed by atoms with Gasteiger partial charge in [0, 0.05) is 30.5 Å². The van der Waals surface area contributed by atoms with Crippen LogP contribution in [-0.4, -0.2) is 25.0 Å². The molecule has 0 atom stereocenters. The molecule has 1 saturated heterocycles. The second-order valence-electron chi connectivity index (χ2n) is 7.10. The summed E-state index contributed by atoms with van der Waals surface area (Å²) in [6.07, 6.45) is 3.23. The second-order valence-corrected chi connectivity index (χ2v) is 7.10. The number of anilines is 2. The summed E-state index contributed by atoms with van der Waals surface area (Å²) >= 11 is 0. The molecule has 1 aliphatic rings. The van der Waals surface area contributed by atoms with E-state index in [1.165, 1.54) is 6.08 Å². The first-order valence-electron chi connectivity index (χ1n) is 10.1. The third-order valence-electron chi connectivity index (χ3n) is 4.84. The minimum absolute atomic E-state index is 0.102. The minimum atomic E-state index is -0.234. The lowest BCUT2D eigenvalue weighted by atomic mass is 10.2. The molecule has 0 aromatic heterocycles. The fourth-order valence-electron chi connectivity index (χ4n) is 3.25. The van der Waals surface area contributed by atoms with E-state index in [2.05, 4.69) is 10.6 Å². The van der Waals surface area contributed by atoms with Crippen LogP contribution in [0.3, 0.4) is 0 Å². The number of benzene rings is 3. The number of nitrogens with one attached hydrogen (secondary N) is 2. The molecule has 0 saturated carbocycles. The molecule has 0 aliphatic carbocycles. The molecule has 6 heteroatoms. The van der Waals surface area contributed by atoms with Gasteiger partial charge in [-0.15, -0.1) is 0 Å². The van der Waals surface area contributed by atoms with Gasteiger partial charge in [0.1, 0.15) is 12.4 Å². The van der Waals surface area contributed by atoms with Crippen LogP contribution >= 0.6 is 0 Å². The van der Waals surface area contributed by atoms with E-state index in [9.17, 15) is 9.59 Å². The average Bonchev–Trinajstić information content (AvgIpc) is 3.24. The Hall–Kier alpha value is -4.06. The molecular weight excluding hydrogens is 390 g/mol. The Morgan fingerprint density at radius 2 is 1.84 bits per heavy atom. The lowest BCUT2D eigenvalue weighted by molar-refractivity contribution is -0.111. The van der Waals surface area contributed by atoms with Gasteiger partial charge in [0.25, 0.3) is 0 Å². The van der Waals surface area contributed by atoms with Crippen LogP contribution in [0.1, 0.15) is 11.1 Å². The van der Waals surface area contributed by atoms with E-state index in [4.69, 9.17) is 4.74 Å². The van der Waals surface area contributed by atoms with Crippen LogP contribution in [0.25, 0.3) is 6.08 Å². The Morgan fingerprint density at radius 3 is 2.58 bits per heavy atom. The molecule has 4 rings (SSSR count). The molecule has 0 bridgehead atoms. The summed E-state index contributed by atoms with van der Waals surface area (Å²) in [6.45, 7) is 1.77. The monoisotopic (exact) mass is 413 g/mol. The molecule has 0 radical (unpaired) electrons. The molecule has 2 N–H and O–H groups in total. The Kier molecular flexibility index (Phi) is 6.28. The highest BCUT2D eigenvalue weighted by Crippen LogP contribution is 2.20. The Balaban J connectivity index is 1.32. The first-order valence-corrected chi connectivity index (χ1v) is 10.1. The van der Waals surface area contributed by atoms with Crippen molar-refractivity contribution in [1.29, 1.82) is 0 Å². The van der Waals surface area contributed by atoms with Gasteiger partial charge in [0.15, 0.2) is 0 Å². The number of amides is 3. The van der Waals surface area contributed by atoms with Gasteiger partial charge in [-0.3, -0.25) is 9.69 Å². The molecule has 3 aromatic rings. The van der Waals surface area contributed by atoms with Crippen LogP contribution in [-0.2, 0) is 11.4 Å². The fourth-order valence-corrected chi connectivity index (χ4v) is 3.25. The van der Waals surface area contributed by atoms with Gasteiger partial charge in [-0.2, -0.15) is 0 Å². The zero-order valence-electron chi connectivity index (χ0n) is 17.0. The van der Waals surface area contributed by atoms with E-state index in [0.717, 1.165) is 22.6 Å². The van der Waals surface area contributed by atoms with Crippen molar-refractivity contribution in [2.24, 2.45) is 0 Å². The van der Waals surface area contributed by atoms with Gasteiger partial charge < -0.3 is 15.4 Å². The first-order chi connectivity index (χ1) is 15.2. The number of rotatable bonds is 7. The molecule has 1 fully saturated rings. The van der Waals surface area contributed by atoms with Crippen LogP contribution in [0.15, 0.2) is 84.9 Å². The third kappa shape index (κ3) is 5.51. The van der Waals surface area contributed by atoms with Gasteiger partial charge in [0.05, 0.1) is 0 Å². The van der Waals surface area contributed by atoms with Crippen LogP contribution in [0.4, 0.5) is 16.2 Å². The van der Waals surface area contributed by atoms with Crippen molar-refractivity contribution in [3.8, 4) is 5.75 Å². The normalized spacial score (nSPS) is 13.3. The van der Waals surface area contributed by atoms with Crippen molar-refractivity contribution in [3.05, 3.63) is 96.1 Å². The molecule has 31 heavy (non-hydrogen) atoms. The lowest BCUT2D eigenvalue weighted by Gasteiger charge is -2.14. The summed E-state index contributed by atoms with van der Waals surface area (Å²) in [4.78, 5) is 25.7. The van der Waals surface area contributed by atoms with Crippen molar-refractivity contribution in [1.82, 2.24) is 5.32 Å². The molecule has 1 aliphatic heterocycles. The third-order valence-corrected chi connectivity index (χ3v) is 4.84. The fraction of sp³-hybridized carbons (Fsp3) is 0.120. The number of urea groups is 1. The highest BCUT2D eigenvalue weighted by molar-refractivity contribution is 6.02. The van der Waals surface area contributed by atoms with Crippen molar-refractivity contribution >= 4 is 29.4 Å². The Morgan fingerprint density at radius 1 is 1.03 bits per heavy atom. The second kappa shape index (κ2) is 9.63. The van der Waals surface area contributed by atoms with Crippen molar-refractivity contribution in [3.63, 3.8) is 0 Å². The molecule has 3 amide bonds. The molecule has 0 spiro atoms. The summed E-state index contributed by atoms with van der Waals surface area (Å²) in [7, 11) is 0. The molecule has 1 heterocycles. The summed E-state index contributed by atoms with van der Waals surface area (Å²) in [6, 6.07) is 24.6. The summed E-state index contributed by atoms with van der Waals surface area (Å²) in [5, 5.41) is 5.59. The summed E-state index contributed by atoms with van der Waals surface area (Å²) in [5.41, 5.74) is 3.43. The Bertz CT molecular complexity index is 1080. The number of hydrogen-bond acceptors (Lipinski definition) is 3. The predicted octanol–water partition coefficient (Wildman–Crippen LogP) is 4.45. The number of carbonyl (C=O) groups is 2. The maximum atomic E-state index is 12.3. The highest BCUT2D eigenvalue weighted by Gasteiger charge is 2.20. The minimum Gasteiger partial charge on any atom is -0.489 e. The smallest absolute Gasteiger partial charge is 0.321 e. The standard InChI is InChI=1S/C25H23N3O3/c29-24(27-21-10-12-22(13-11-21)28-16-15-26-25(28)30)14-9-19-7-4-8-23(17-19)31-18-20-5-2-1-3-6-20/h1-14,17H,15-16,18H2,(H,26,30)(H,27,29)/b14-9+. The van der Waals surface area contributed by atoms with Gasteiger partial charge in [-0.25, -0.2) is 4.79 Å². The molecule has 156 valence electrons. The first kappa shape index (κ1) is 20.2. The van der Waals surface area contributed by atoms with Gasteiger partial charge in [-0.05, 0) is 53.6 Å². The Labute approximate surface area is 181 Å². The molecule has 0 unspecified atom stereocenters. The van der Waals surface area contributed by atoms with Gasteiger partial charge in [0.2, 0.25) is 5.91 Å². The highest BCUT2D eigenvalue weighted by atomic mass is 16.5. The summed E-state index contributed by atoms with van der Waals surface area (Å²) < 4.78 is 5.83. The van der Waals surface area contributed by atoms with Crippen LogP contribution < -0.4 is 20.3 Å². The number of hydrogen-bond donors (Lipinski definition) is 2. The number of nitrogens with zero attached hydrogens (tertiary/aromatic N) is 1.